The summed E-state index contributed by atoms with van der Waals surface area (Å²) in [5.41, 5.74) is 0. The highest BCUT2D eigenvalue weighted by Crippen LogP contribution is 2.50. The summed E-state index contributed by atoms with van der Waals surface area (Å²) in [6.07, 6.45) is -4.91. The third-order valence-electron chi connectivity index (χ3n) is 2.82. The average Bonchev–Trinajstić information content (AvgIpc) is 2.58. The molecule has 0 saturated carbocycles. The van der Waals surface area contributed by atoms with Gasteiger partial charge in [0.25, 0.3) is 5.85 Å². The minimum atomic E-state index is -4.65. The van der Waals surface area contributed by atoms with Gasteiger partial charge < -0.3 is 28.8 Å². The van der Waals surface area contributed by atoms with Gasteiger partial charge in [-0.1, -0.05) is 0 Å². The van der Waals surface area contributed by atoms with Crippen LogP contribution in [0.2, 0.25) is 0 Å². The van der Waals surface area contributed by atoms with Crippen molar-refractivity contribution in [3.63, 3.8) is 0 Å². The highest BCUT2D eigenvalue weighted by atomic mass is 31.2. The van der Waals surface area contributed by atoms with Crippen molar-refractivity contribution in [3.05, 3.63) is 0 Å². The van der Waals surface area contributed by atoms with Gasteiger partial charge in [0.05, 0.1) is 12.2 Å². The molecule has 2 atom stereocenters. The van der Waals surface area contributed by atoms with Gasteiger partial charge in [0.15, 0.2) is 0 Å². The third-order valence-corrected chi connectivity index (χ3v) is 4.11. The highest BCUT2D eigenvalue weighted by molar-refractivity contribution is 7.48. The Labute approximate surface area is 168 Å². The van der Waals surface area contributed by atoms with E-state index in [9.17, 15) is 23.7 Å². The summed E-state index contributed by atoms with van der Waals surface area (Å²) in [6, 6.07) is 0. The first-order valence-electron chi connectivity index (χ1n) is 8.46. The molecule has 0 aliphatic carbocycles. The van der Waals surface area contributed by atoms with Crippen LogP contribution in [0.15, 0.2) is 0 Å². The summed E-state index contributed by atoms with van der Waals surface area (Å²) < 4.78 is 63.9. The fourth-order valence-corrected chi connectivity index (χ4v) is 2.28. The lowest BCUT2D eigenvalue weighted by molar-refractivity contribution is -0.205. The number of rotatable bonds is 13. The summed E-state index contributed by atoms with van der Waals surface area (Å²) in [6.45, 7) is 4.31. The fourth-order valence-electron chi connectivity index (χ4n) is 1.36. The van der Waals surface area contributed by atoms with Gasteiger partial charge in [-0.15, -0.1) is 0 Å². The second kappa shape index (κ2) is 12.9. The van der Waals surface area contributed by atoms with E-state index in [4.69, 9.17) is 13.6 Å². The van der Waals surface area contributed by atoms with E-state index in [1.54, 1.807) is 27.7 Å². The first-order valence-corrected chi connectivity index (χ1v) is 9.92. The molecule has 0 fully saturated rings. The normalized spacial score (nSPS) is 15.0. The molecule has 0 spiro atoms. The summed E-state index contributed by atoms with van der Waals surface area (Å²) in [7, 11) is -3.70. The lowest BCUT2D eigenvalue weighted by Crippen LogP contribution is -2.42. The fraction of sp³-hybridized carbons (Fsp3) is 0.867. The van der Waals surface area contributed by atoms with E-state index in [1.807, 2.05) is 0 Å². The maximum Gasteiger partial charge on any atom is 0.510 e. The van der Waals surface area contributed by atoms with Gasteiger partial charge in [-0.25, -0.2) is 27.6 Å². The number of ether oxygens (including phenoxy) is 5. The highest BCUT2D eigenvalue weighted by Gasteiger charge is 2.40. The molecule has 0 aliphatic rings. The molecule has 14 heteroatoms. The van der Waals surface area contributed by atoms with Crippen molar-refractivity contribution < 1.29 is 60.9 Å². The molecule has 0 unspecified atom stereocenters. The molecule has 0 radical (unpaired) electrons. The van der Waals surface area contributed by atoms with E-state index in [0.717, 1.165) is 14.0 Å². The summed E-state index contributed by atoms with van der Waals surface area (Å²) >= 11 is 0. The van der Waals surface area contributed by atoms with Crippen LogP contribution in [0.25, 0.3) is 0 Å². The van der Waals surface area contributed by atoms with Crippen LogP contribution < -0.4 is 0 Å². The van der Waals surface area contributed by atoms with Crippen LogP contribution in [0.5, 0.6) is 0 Å². The van der Waals surface area contributed by atoms with Gasteiger partial charge in [-0.3, -0.25) is 4.52 Å². The summed E-state index contributed by atoms with van der Waals surface area (Å²) in [4.78, 5) is 22.6. The van der Waals surface area contributed by atoms with Crippen molar-refractivity contribution in [2.24, 2.45) is 0 Å². The maximum absolute atomic E-state index is 14.3. The molecule has 1 N–H and O–H groups in total. The van der Waals surface area contributed by atoms with Crippen LogP contribution in [-0.2, 0) is 41.8 Å². The lowest BCUT2D eigenvalue weighted by Gasteiger charge is -2.27. The van der Waals surface area contributed by atoms with Gasteiger partial charge in [0, 0.05) is 7.11 Å². The minimum absolute atomic E-state index is 0.484. The van der Waals surface area contributed by atoms with Crippen molar-refractivity contribution in [1.29, 1.82) is 0 Å². The Bertz CT molecular complexity index is 523. The number of halogens is 1. The van der Waals surface area contributed by atoms with Gasteiger partial charge in [-0.05, 0) is 34.6 Å². The van der Waals surface area contributed by atoms with E-state index < -0.39 is 64.5 Å². The summed E-state index contributed by atoms with van der Waals surface area (Å²) in [5.74, 6) is -2.75. The van der Waals surface area contributed by atoms with E-state index in [1.165, 1.54) is 0 Å². The van der Waals surface area contributed by atoms with Crippen LogP contribution in [0, 0.1) is 0 Å². The van der Waals surface area contributed by atoms with E-state index in [-0.39, 0.29) is 0 Å². The van der Waals surface area contributed by atoms with Crippen molar-refractivity contribution in [1.82, 2.24) is 0 Å². The molecule has 0 rings (SSSR count). The standard InChI is InChI=1S/C15H28FO12P/c1-10(2)27-13(18)22-8-25-29(20,24-7-15(16,21-6)12(5)17)26-9-23-14(19)28-11(3)4/h10-12,17H,7-9H2,1-6H3/t12-,15+/m0/s1. The molecular formula is C15H28FO12P. The van der Waals surface area contributed by atoms with Crippen LogP contribution >= 0.6 is 7.82 Å². The molecule has 0 aromatic heterocycles. The predicted octanol–water partition coefficient (Wildman–Crippen LogP) is 2.88. The number of aliphatic hydroxyl groups excluding tert-OH is 1. The number of aliphatic hydroxyl groups is 1. The molecule has 0 aliphatic heterocycles. The SMILES string of the molecule is CO[C@](F)(COP(=O)(OCOC(=O)OC(C)C)OCOC(=O)OC(C)C)[C@H](C)O. The molecule has 0 aromatic carbocycles. The Morgan fingerprint density at radius 3 is 1.66 bits per heavy atom. The van der Waals surface area contributed by atoms with Gasteiger partial charge >= 0.3 is 20.1 Å². The molecule has 0 saturated heterocycles. The van der Waals surface area contributed by atoms with Gasteiger partial charge in [0.1, 0.15) is 12.7 Å². The second-order valence-electron chi connectivity index (χ2n) is 6.00. The Balaban J connectivity index is 4.90. The largest absolute Gasteiger partial charge is 0.510 e. The van der Waals surface area contributed by atoms with Crippen LogP contribution in [0.3, 0.4) is 0 Å². The molecule has 172 valence electrons. The lowest BCUT2D eigenvalue weighted by atomic mass is 10.2. The van der Waals surface area contributed by atoms with E-state index in [0.29, 0.717) is 0 Å². The number of hydrogen-bond donors (Lipinski definition) is 1. The predicted molar refractivity (Wildman–Crippen MR) is 93.4 cm³/mol. The Morgan fingerprint density at radius 1 is 0.931 bits per heavy atom. The molecular weight excluding hydrogens is 422 g/mol. The molecule has 0 heterocycles. The van der Waals surface area contributed by atoms with Crippen molar-refractivity contribution in [2.45, 2.75) is 58.8 Å². The molecule has 12 nitrogen and oxygen atoms in total. The quantitative estimate of drug-likeness (QED) is 0.250. The average molecular weight is 450 g/mol. The zero-order valence-corrected chi connectivity index (χ0v) is 18.0. The first-order chi connectivity index (χ1) is 13.3. The first kappa shape index (κ1) is 27.5. The van der Waals surface area contributed by atoms with Crippen molar-refractivity contribution in [2.75, 3.05) is 27.3 Å². The van der Waals surface area contributed by atoms with Crippen molar-refractivity contribution >= 4 is 20.1 Å². The second-order valence-corrected chi connectivity index (χ2v) is 7.67. The van der Waals surface area contributed by atoms with Gasteiger partial charge in [0.2, 0.25) is 13.6 Å². The van der Waals surface area contributed by atoms with E-state index >= 15 is 0 Å². The molecule has 0 aromatic rings. The molecule has 0 bridgehead atoms. The number of methoxy groups -OCH3 is 1. The number of phosphoric ester groups is 1. The molecule has 29 heavy (non-hydrogen) atoms. The molecule has 0 amide bonds. The smallest absolute Gasteiger partial charge is 0.432 e. The zero-order valence-electron chi connectivity index (χ0n) is 17.1. The van der Waals surface area contributed by atoms with Crippen LogP contribution in [0.4, 0.5) is 14.0 Å². The Hall–Kier alpha value is -1.50. The van der Waals surface area contributed by atoms with Gasteiger partial charge in [-0.2, -0.15) is 0 Å². The van der Waals surface area contributed by atoms with Crippen LogP contribution in [-0.4, -0.2) is 68.9 Å². The Kier molecular flexibility index (Phi) is 12.3. The Morgan fingerprint density at radius 2 is 1.34 bits per heavy atom. The number of carbonyl (C=O) groups is 2. The van der Waals surface area contributed by atoms with E-state index in [2.05, 4.69) is 23.7 Å². The number of carbonyl (C=O) groups excluding carboxylic acids is 2. The third kappa shape index (κ3) is 11.9. The topological polar surface area (TPSA) is 145 Å². The maximum atomic E-state index is 14.3. The number of hydrogen-bond acceptors (Lipinski definition) is 12. The van der Waals surface area contributed by atoms with Crippen molar-refractivity contribution in [3.8, 4) is 0 Å². The number of alkyl halides is 1. The zero-order chi connectivity index (χ0) is 22.7. The number of phosphoric acid groups is 1. The summed E-state index contributed by atoms with van der Waals surface area (Å²) in [5, 5.41) is 9.41. The monoisotopic (exact) mass is 450 g/mol. The minimum Gasteiger partial charge on any atom is -0.432 e. The van der Waals surface area contributed by atoms with Crippen LogP contribution in [0.1, 0.15) is 34.6 Å².